The third-order valence-corrected chi connectivity index (χ3v) is 3.15. The summed E-state index contributed by atoms with van der Waals surface area (Å²) in [5, 5.41) is 2.62. The Bertz CT molecular complexity index is 484. The molecule has 0 radical (unpaired) electrons. The number of fused-ring (bicyclic) bond motifs is 1. The van der Waals surface area contributed by atoms with Crippen LogP contribution in [0.25, 0.3) is 16.8 Å². The summed E-state index contributed by atoms with van der Waals surface area (Å²) in [5.74, 6) is 0. The van der Waals surface area contributed by atoms with Gasteiger partial charge in [0, 0.05) is 3.57 Å². The Labute approximate surface area is 97.8 Å². The zero-order chi connectivity index (χ0) is 9.97. The zero-order valence-corrected chi connectivity index (χ0v) is 10.2. The molecule has 0 aliphatic rings. The van der Waals surface area contributed by atoms with Crippen molar-refractivity contribution in [2.75, 3.05) is 0 Å². The molecule has 0 N–H and O–H groups in total. The SMILES string of the molecule is CC=Cc1cc2ccccc2cc1I. The van der Waals surface area contributed by atoms with Gasteiger partial charge in [-0.15, -0.1) is 0 Å². The van der Waals surface area contributed by atoms with Crippen molar-refractivity contribution in [1.82, 2.24) is 0 Å². The number of rotatable bonds is 1. The topological polar surface area (TPSA) is 0 Å². The molecular weight excluding hydrogens is 283 g/mol. The van der Waals surface area contributed by atoms with Gasteiger partial charge in [0.05, 0.1) is 0 Å². The Kier molecular flexibility index (Phi) is 2.87. The molecule has 0 nitrogen and oxygen atoms in total. The molecular formula is C13H11I. The molecule has 70 valence electrons. The lowest BCUT2D eigenvalue weighted by Crippen LogP contribution is -1.81. The van der Waals surface area contributed by atoms with Crippen LogP contribution in [0.1, 0.15) is 12.5 Å². The van der Waals surface area contributed by atoms with Crippen molar-refractivity contribution in [3.05, 3.63) is 51.6 Å². The molecule has 0 fully saturated rings. The van der Waals surface area contributed by atoms with Gasteiger partial charge in [0.15, 0.2) is 0 Å². The van der Waals surface area contributed by atoms with Crippen molar-refractivity contribution >= 4 is 39.4 Å². The normalized spacial score (nSPS) is 11.3. The molecule has 0 bridgehead atoms. The summed E-state index contributed by atoms with van der Waals surface area (Å²) < 4.78 is 1.31. The Morgan fingerprint density at radius 1 is 1.07 bits per heavy atom. The molecule has 0 saturated heterocycles. The van der Waals surface area contributed by atoms with Crippen molar-refractivity contribution in [1.29, 1.82) is 0 Å². The minimum Gasteiger partial charge on any atom is -0.0870 e. The van der Waals surface area contributed by atoms with Crippen molar-refractivity contribution in [3.8, 4) is 0 Å². The van der Waals surface area contributed by atoms with Crippen molar-refractivity contribution < 1.29 is 0 Å². The molecule has 2 rings (SSSR count). The Morgan fingerprint density at radius 3 is 2.36 bits per heavy atom. The highest BCUT2D eigenvalue weighted by Gasteiger charge is 1.98. The molecule has 0 aromatic heterocycles. The van der Waals surface area contributed by atoms with Gasteiger partial charge in [0.25, 0.3) is 0 Å². The quantitative estimate of drug-likeness (QED) is 0.680. The Balaban J connectivity index is 2.70. The number of benzene rings is 2. The maximum atomic E-state index is 2.38. The standard InChI is InChI=1S/C13H11I/c1-2-5-12-8-10-6-3-4-7-11(10)9-13(12)14/h2-9H,1H3. The highest BCUT2D eigenvalue weighted by Crippen LogP contribution is 2.22. The van der Waals surface area contributed by atoms with Crippen LogP contribution < -0.4 is 0 Å². The van der Waals surface area contributed by atoms with Crippen LogP contribution in [0.5, 0.6) is 0 Å². The van der Waals surface area contributed by atoms with E-state index in [0.29, 0.717) is 0 Å². The summed E-state index contributed by atoms with van der Waals surface area (Å²) in [6.07, 6.45) is 4.22. The van der Waals surface area contributed by atoms with E-state index >= 15 is 0 Å². The van der Waals surface area contributed by atoms with E-state index in [9.17, 15) is 0 Å². The molecule has 14 heavy (non-hydrogen) atoms. The van der Waals surface area contributed by atoms with E-state index in [0.717, 1.165) is 0 Å². The molecule has 2 aromatic carbocycles. The number of halogens is 1. The van der Waals surface area contributed by atoms with Gasteiger partial charge in [-0.3, -0.25) is 0 Å². The number of hydrogen-bond acceptors (Lipinski definition) is 0. The molecule has 2 aromatic rings. The molecule has 0 aliphatic carbocycles. The average molecular weight is 294 g/mol. The second-order valence-corrected chi connectivity index (χ2v) is 4.38. The van der Waals surface area contributed by atoms with Crippen molar-refractivity contribution in [3.63, 3.8) is 0 Å². The largest absolute Gasteiger partial charge is 0.0870 e. The van der Waals surface area contributed by atoms with Crippen LogP contribution in [-0.4, -0.2) is 0 Å². The van der Waals surface area contributed by atoms with Gasteiger partial charge in [-0.25, -0.2) is 0 Å². The summed E-state index contributed by atoms with van der Waals surface area (Å²) >= 11 is 2.38. The van der Waals surface area contributed by atoms with Gasteiger partial charge in [0.2, 0.25) is 0 Å². The van der Waals surface area contributed by atoms with Gasteiger partial charge in [0.1, 0.15) is 0 Å². The lowest BCUT2D eigenvalue weighted by atomic mass is 10.1. The van der Waals surface area contributed by atoms with Crippen LogP contribution in [0.15, 0.2) is 42.5 Å². The van der Waals surface area contributed by atoms with Crippen molar-refractivity contribution in [2.45, 2.75) is 6.92 Å². The Hall–Kier alpha value is -0.830. The molecule has 0 heterocycles. The van der Waals surface area contributed by atoms with Crippen LogP contribution in [0.4, 0.5) is 0 Å². The molecule has 0 spiro atoms. The first-order valence-electron chi connectivity index (χ1n) is 4.62. The van der Waals surface area contributed by atoms with Crippen LogP contribution in [0, 0.1) is 3.57 Å². The maximum absolute atomic E-state index is 2.38. The van der Waals surface area contributed by atoms with Gasteiger partial charge >= 0.3 is 0 Å². The van der Waals surface area contributed by atoms with Crippen LogP contribution in [0.2, 0.25) is 0 Å². The van der Waals surface area contributed by atoms with Crippen LogP contribution in [-0.2, 0) is 0 Å². The fourth-order valence-electron chi connectivity index (χ4n) is 1.54. The lowest BCUT2D eigenvalue weighted by molar-refractivity contribution is 1.63. The predicted molar refractivity (Wildman–Crippen MR) is 71.4 cm³/mol. The van der Waals surface area contributed by atoms with Gasteiger partial charge in [-0.05, 0) is 58.0 Å². The van der Waals surface area contributed by atoms with Crippen LogP contribution in [0.3, 0.4) is 0 Å². The monoisotopic (exact) mass is 294 g/mol. The van der Waals surface area contributed by atoms with E-state index in [-0.39, 0.29) is 0 Å². The van der Waals surface area contributed by atoms with E-state index in [2.05, 4.69) is 71.1 Å². The molecule has 1 heteroatoms. The summed E-state index contributed by atoms with van der Waals surface area (Å²) in [7, 11) is 0. The third kappa shape index (κ3) is 1.82. The smallest absolute Gasteiger partial charge is 0.0209 e. The fourth-order valence-corrected chi connectivity index (χ4v) is 2.21. The first kappa shape index (κ1) is 9.71. The second-order valence-electron chi connectivity index (χ2n) is 3.22. The minimum atomic E-state index is 1.30. The summed E-state index contributed by atoms with van der Waals surface area (Å²) in [4.78, 5) is 0. The molecule has 0 saturated carbocycles. The highest BCUT2D eigenvalue weighted by molar-refractivity contribution is 14.1. The molecule has 0 aliphatic heterocycles. The lowest BCUT2D eigenvalue weighted by Gasteiger charge is -2.02. The van der Waals surface area contributed by atoms with Gasteiger partial charge in [-0.2, -0.15) is 0 Å². The third-order valence-electron chi connectivity index (χ3n) is 2.21. The van der Waals surface area contributed by atoms with E-state index in [4.69, 9.17) is 0 Å². The number of hydrogen-bond donors (Lipinski definition) is 0. The number of allylic oxidation sites excluding steroid dienone is 1. The molecule has 0 amide bonds. The van der Waals surface area contributed by atoms with E-state index < -0.39 is 0 Å². The van der Waals surface area contributed by atoms with E-state index in [1.807, 2.05) is 6.92 Å². The summed E-state index contributed by atoms with van der Waals surface area (Å²) in [6, 6.07) is 12.9. The summed E-state index contributed by atoms with van der Waals surface area (Å²) in [6.45, 7) is 2.05. The first-order valence-corrected chi connectivity index (χ1v) is 5.70. The molecule has 0 atom stereocenters. The maximum Gasteiger partial charge on any atom is 0.0209 e. The second kappa shape index (κ2) is 4.13. The van der Waals surface area contributed by atoms with Crippen LogP contribution >= 0.6 is 22.6 Å². The van der Waals surface area contributed by atoms with E-state index in [1.165, 1.54) is 19.9 Å². The predicted octanol–water partition coefficient (Wildman–Crippen LogP) is 4.48. The zero-order valence-electron chi connectivity index (χ0n) is 8.00. The van der Waals surface area contributed by atoms with E-state index in [1.54, 1.807) is 0 Å². The first-order chi connectivity index (χ1) is 6.81. The fraction of sp³-hybridized carbons (Fsp3) is 0.0769. The Morgan fingerprint density at radius 2 is 1.71 bits per heavy atom. The van der Waals surface area contributed by atoms with Crippen molar-refractivity contribution in [2.24, 2.45) is 0 Å². The highest BCUT2D eigenvalue weighted by atomic mass is 127. The molecule has 0 unspecified atom stereocenters. The minimum absolute atomic E-state index is 1.30. The average Bonchev–Trinajstić information content (AvgIpc) is 2.19. The van der Waals surface area contributed by atoms with Gasteiger partial charge in [-0.1, -0.05) is 36.4 Å². The van der Waals surface area contributed by atoms with Gasteiger partial charge < -0.3 is 0 Å². The summed E-state index contributed by atoms with van der Waals surface area (Å²) in [5.41, 5.74) is 1.30.